The molecule has 0 bridgehead atoms. The minimum absolute atomic E-state index is 0.0426. The first-order valence-electron chi connectivity index (χ1n) is 6.70. The quantitative estimate of drug-likeness (QED) is 0.740. The van der Waals surface area contributed by atoms with E-state index in [9.17, 15) is 13.2 Å². The van der Waals surface area contributed by atoms with Crippen LogP contribution in [0.25, 0.3) is 0 Å². The zero-order valence-electron chi connectivity index (χ0n) is 11.9. The van der Waals surface area contributed by atoms with E-state index < -0.39 is 10.0 Å². The Morgan fingerprint density at radius 1 is 1.37 bits per heavy atom. The molecule has 1 unspecified atom stereocenters. The second-order valence-corrected chi connectivity index (χ2v) is 7.60. The number of hydrogen-bond acceptors (Lipinski definition) is 4. The van der Waals surface area contributed by atoms with Crippen LogP contribution in [0.2, 0.25) is 0 Å². The van der Waals surface area contributed by atoms with Crippen molar-refractivity contribution in [1.82, 2.24) is 9.62 Å². The minimum atomic E-state index is -3.11. The summed E-state index contributed by atoms with van der Waals surface area (Å²) in [5.74, 6) is 0.233. The summed E-state index contributed by atoms with van der Waals surface area (Å²) in [4.78, 5) is 11.8. The van der Waals surface area contributed by atoms with Gasteiger partial charge in [-0.05, 0) is 18.8 Å². The molecule has 112 valence electrons. The molecule has 3 N–H and O–H groups in total. The molecule has 0 aliphatic carbocycles. The Labute approximate surface area is 115 Å². The van der Waals surface area contributed by atoms with E-state index in [1.165, 1.54) is 10.6 Å². The largest absolute Gasteiger partial charge is 0.353 e. The standard InChI is InChI=1S/C12H25N3O3S/c1-9(2)11(13)8-12(16)14-10-4-6-15(7-5-10)19(3,17)18/h9-11H,4-8,13H2,1-3H3,(H,14,16). The molecule has 0 aromatic heterocycles. The summed E-state index contributed by atoms with van der Waals surface area (Å²) in [5.41, 5.74) is 5.85. The van der Waals surface area contributed by atoms with E-state index >= 15 is 0 Å². The van der Waals surface area contributed by atoms with Crippen LogP contribution in [0.1, 0.15) is 33.1 Å². The molecule has 1 aliphatic rings. The van der Waals surface area contributed by atoms with E-state index in [-0.39, 0.29) is 23.9 Å². The third kappa shape index (κ3) is 5.46. The van der Waals surface area contributed by atoms with Crippen molar-refractivity contribution in [1.29, 1.82) is 0 Å². The first-order chi connectivity index (χ1) is 8.70. The molecule has 1 saturated heterocycles. The predicted octanol–water partition coefficient (Wildman–Crippen LogP) is -0.1000. The van der Waals surface area contributed by atoms with Crippen LogP contribution >= 0.6 is 0 Å². The number of sulfonamides is 1. The van der Waals surface area contributed by atoms with Crippen LogP contribution < -0.4 is 11.1 Å². The van der Waals surface area contributed by atoms with E-state index in [1.807, 2.05) is 13.8 Å². The van der Waals surface area contributed by atoms with E-state index in [4.69, 9.17) is 5.73 Å². The average molecular weight is 291 g/mol. The highest BCUT2D eigenvalue weighted by molar-refractivity contribution is 7.88. The molecule has 0 spiro atoms. The van der Waals surface area contributed by atoms with Crippen LogP contribution in [0, 0.1) is 5.92 Å². The first-order valence-corrected chi connectivity index (χ1v) is 8.55. The fraction of sp³-hybridized carbons (Fsp3) is 0.917. The summed E-state index contributed by atoms with van der Waals surface area (Å²) in [6, 6.07) is -0.0685. The average Bonchev–Trinajstić information content (AvgIpc) is 2.28. The van der Waals surface area contributed by atoms with Crippen molar-refractivity contribution in [2.24, 2.45) is 11.7 Å². The van der Waals surface area contributed by atoms with Crippen LogP contribution in [-0.2, 0) is 14.8 Å². The second-order valence-electron chi connectivity index (χ2n) is 5.62. The number of carbonyl (C=O) groups is 1. The molecule has 1 aliphatic heterocycles. The van der Waals surface area contributed by atoms with Gasteiger partial charge in [-0.25, -0.2) is 12.7 Å². The zero-order chi connectivity index (χ0) is 14.6. The summed E-state index contributed by atoms with van der Waals surface area (Å²) >= 11 is 0. The molecule has 1 amide bonds. The number of hydrogen-bond donors (Lipinski definition) is 2. The molecule has 19 heavy (non-hydrogen) atoms. The highest BCUT2D eigenvalue weighted by Crippen LogP contribution is 2.13. The lowest BCUT2D eigenvalue weighted by Gasteiger charge is -2.31. The van der Waals surface area contributed by atoms with Crippen LogP contribution in [0.5, 0.6) is 0 Å². The molecule has 1 atom stereocenters. The topological polar surface area (TPSA) is 92.5 Å². The molecule has 0 aromatic carbocycles. The van der Waals surface area contributed by atoms with Crippen LogP contribution in [0.15, 0.2) is 0 Å². The minimum Gasteiger partial charge on any atom is -0.353 e. The van der Waals surface area contributed by atoms with Crippen molar-refractivity contribution >= 4 is 15.9 Å². The number of rotatable bonds is 5. The lowest BCUT2D eigenvalue weighted by atomic mass is 10.0. The van der Waals surface area contributed by atoms with Crippen LogP contribution in [-0.4, -0.2) is 50.1 Å². The van der Waals surface area contributed by atoms with Gasteiger partial charge in [0.25, 0.3) is 0 Å². The van der Waals surface area contributed by atoms with Gasteiger partial charge in [-0.15, -0.1) is 0 Å². The molecule has 1 fully saturated rings. The molecule has 0 aromatic rings. The molecule has 1 heterocycles. The van der Waals surface area contributed by atoms with Gasteiger partial charge in [-0.2, -0.15) is 0 Å². The van der Waals surface area contributed by atoms with Gasteiger partial charge in [0.1, 0.15) is 0 Å². The predicted molar refractivity (Wildman–Crippen MR) is 75.0 cm³/mol. The van der Waals surface area contributed by atoms with Gasteiger partial charge in [0, 0.05) is 31.6 Å². The van der Waals surface area contributed by atoms with Gasteiger partial charge >= 0.3 is 0 Å². The molecule has 0 saturated carbocycles. The Balaban J connectivity index is 2.35. The normalized spacial score (nSPS) is 20.5. The third-order valence-electron chi connectivity index (χ3n) is 3.57. The fourth-order valence-corrected chi connectivity index (χ4v) is 2.94. The summed E-state index contributed by atoms with van der Waals surface area (Å²) in [7, 11) is -3.11. The van der Waals surface area contributed by atoms with Gasteiger partial charge in [-0.1, -0.05) is 13.8 Å². The number of piperidine rings is 1. The number of amides is 1. The third-order valence-corrected chi connectivity index (χ3v) is 4.87. The fourth-order valence-electron chi connectivity index (χ4n) is 2.07. The summed E-state index contributed by atoms with van der Waals surface area (Å²) in [6.07, 6.45) is 2.86. The summed E-state index contributed by atoms with van der Waals surface area (Å²) in [5, 5.41) is 2.94. The number of carbonyl (C=O) groups excluding carboxylic acids is 1. The van der Waals surface area contributed by atoms with E-state index in [2.05, 4.69) is 5.32 Å². The Kier molecular flexibility index (Phi) is 5.76. The molecular weight excluding hydrogens is 266 g/mol. The maximum atomic E-state index is 11.8. The number of nitrogens with one attached hydrogen (secondary N) is 1. The van der Waals surface area contributed by atoms with Gasteiger partial charge < -0.3 is 11.1 Å². The SMILES string of the molecule is CC(C)C(N)CC(=O)NC1CCN(S(C)(=O)=O)CC1. The van der Waals surface area contributed by atoms with Crippen molar-refractivity contribution in [3.05, 3.63) is 0 Å². The molecule has 1 rings (SSSR count). The van der Waals surface area contributed by atoms with E-state index in [0.717, 1.165) is 0 Å². The summed E-state index contributed by atoms with van der Waals surface area (Å²) in [6.45, 7) is 4.92. The molecule has 7 heteroatoms. The lowest BCUT2D eigenvalue weighted by molar-refractivity contribution is -0.122. The van der Waals surface area contributed by atoms with Crippen molar-refractivity contribution in [2.45, 2.75) is 45.2 Å². The van der Waals surface area contributed by atoms with Crippen molar-refractivity contribution in [3.8, 4) is 0 Å². The van der Waals surface area contributed by atoms with Gasteiger partial charge in [0.15, 0.2) is 0 Å². The maximum absolute atomic E-state index is 11.8. The van der Waals surface area contributed by atoms with Crippen molar-refractivity contribution in [3.63, 3.8) is 0 Å². The zero-order valence-corrected chi connectivity index (χ0v) is 12.7. The smallest absolute Gasteiger partial charge is 0.221 e. The Bertz CT molecular complexity index is 400. The van der Waals surface area contributed by atoms with Gasteiger partial charge in [0.05, 0.1) is 6.26 Å². The maximum Gasteiger partial charge on any atom is 0.221 e. The molecule has 0 radical (unpaired) electrons. The molecule has 6 nitrogen and oxygen atoms in total. The van der Waals surface area contributed by atoms with Gasteiger partial charge in [-0.3, -0.25) is 4.79 Å². The van der Waals surface area contributed by atoms with Crippen LogP contribution in [0.3, 0.4) is 0 Å². The lowest BCUT2D eigenvalue weighted by Crippen LogP contribution is -2.47. The van der Waals surface area contributed by atoms with E-state index in [0.29, 0.717) is 32.4 Å². The second kappa shape index (κ2) is 6.67. The number of nitrogens with two attached hydrogens (primary N) is 1. The number of nitrogens with zero attached hydrogens (tertiary/aromatic N) is 1. The summed E-state index contributed by atoms with van der Waals surface area (Å²) < 4.78 is 24.2. The van der Waals surface area contributed by atoms with Gasteiger partial charge in [0.2, 0.25) is 15.9 Å². The highest BCUT2D eigenvalue weighted by atomic mass is 32.2. The van der Waals surface area contributed by atoms with Crippen molar-refractivity contribution < 1.29 is 13.2 Å². The van der Waals surface area contributed by atoms with Crippen LogP contribution in [0.4, 0.5) is 0 Å². The molecular formula is C12H25N3O3S. The first kappa shape index (κ1) is 16.4. The monoisotopic (exact) mass is 291 g/mol. The van der Waals surface area contributed by atoms with Crippen molar-refractivity contribution in [2.75, 3.05) is 19.3 Å². The van der Waals surface area contributed by atoms with E-state index in [1.54, 1.807) is 0 Å². The Morgan fingerprint density at radius 3 is 2.32 bits per heavy atom. The highest BCUT2D eigenvalue weighted by Gasteiger charge is 2.26. The Morgan fingerprint density at radius 2 is 1.89 bits per heavy atom. The Hall–Kier alpha value is -0.660.